The fourth-order valence-corrected chi connectivity index (χ4v) is 10.7. The van der Waals surface area contributed by atoms with Crippen molar-refractivity contribution in [2.75, 3.05) is 13.2 Å². The van der Waals surface area contributed by atoms with Crippen LogP contribution in [0.2, 0.25) is 0 Å². The molecule has 0 aromatic rings. The number of rotatable bonds is 66. The van der Waals surface area contributed by atoms with E-state index in [4.69, 9.17) is 14.2 Å². The van der Waals surface area contributed by atoms with Gasteiger partial charge in [-0.15, -0.1) is 0 Å². The molecule has 0 aromatic carbocycles. The van der Waals surface area contributed by atoms with Gasteiger partial charge in [0.1, 0.15) is 13.2 Å². The summed E-state index contributed by atoms with van der Waals surface area (Å²) in [6.07, 6.45) is 89.5. The Balaban J connectivity index is 4.33. The topological polar surface area (TPSA) is 78.9 Å². The molecule has 1 atom stereocenters. The maximum Gasteiger partial charge on any atom is 0.306 e. The first-order valence-electron chi connectivity index (χ1n) is 35.8. The summed E-state index contributed by atoms with van der Waals surface area (Å²) in [4.78, 5) is 38.5. The molecule has 0 heterocycles. The molecular formula is C75H136O6. The Kier molecular flexibility index (Phi) is 67.1. The monoisotopic (exact) mass is 1130 g/mol. The molecule has 0 fully saturated rings. The van der Waals surface area contributed by atoms with Gasteiger partial charge in [0.05, 0.1) is 0 Å². The lowest BCUT2D eigenvalue weighted by molar-refractivity contribution is -0.167. The third-order valence-corrected chi connectivity index (χ3v) is 16.0. The molecule has 0 spiro atoms. The van der Waals surface area contributed by atoms with Crippen LogP contribution in [0.5, 0.6) is 0 Å². The van der Waals surface area contributed by atoms with E-state index in [1.165, 1.54) is 244 Å². The lowest BCUT2D eigenvalue weighted by Gasteiger charge is -2.18. The van der Waals surface area contributed by atoms with Crippen LogP contribution in [0.25, 0.3) is 0 Å². The van der Waals surface area contributed by atoms with Crippen molar-refractivity contribution in [1.82, 2.24) is 0 Å². The number of hydrogen-bond acceptors (Lipinski definition) is 6. The van der Waals surface area contributed by atoms with Crippen LogP contribution in [0, 0.1) is 0 Å². The maximum absolute atomic E-state index is 13.0. The minimum atomic E-state index is -0.775. The first-order chi connectivity index (χ1) is 40.0. The van der Waals surface area contributed by atoms with Crippen molar-refractivity contribution in [3.05, 3.63) is 60.8 Å². The van der Waals surface area contributed by atoms with Gasteiger partial charge in [-0.05, 0) is 64.2 Å². The van der Waals surface area contributed by atoms with Gasteiger partial charge >= 0.3 is 17.9 Å². The Morgan fingerprint density at radius 1 is 0.259 bits per heavy atom. The van der Waals surface area contributed by atoms with Gasteiger partial charge in [0.15, 0.2) is 6.10 Å². The average molecular weight is 1130 g/mol. The first kappa shape index (κ1) is 78.1. The Hall–Kier alpha value is -2.89. The highest BCUT2D eigenvalue weighted by molar-refractivity contribution is 5.71. The predicted octanol–water partition coefficient (Wildman–Crippen LogP) is 24.7. The molecule has 472 valence electrons. The van der Waals surface area contributed by atoms with Gasteiger partial charge in [0, 0.05) is 19.3 Å². The highest BCUT2D eigenvalue weighted by Crippen LogP contribution is 2.19. The Morgan fingerprint density at radius 3 is 0.753 bits per heavy atom. The molecule has 0 amide bonds. The third-order valence-electron chi connectivity index (χ3n) is 16.0. The quantitative estimate of drug-likeness (QED) is 0.0261. The van der Waals surface area contributed by atoms with Gasteiger partial charge in [-0.1, -0.05) is 358 Å². The zero-order valence-electron chi connectivity index (χ0n) is 54.3. The van der Waals surface area contributed by atoms with E-state index in [1.807, 2.05) is 0 Å². The SMILES string of the molecule is CC/C=C\C/C=C\C/C=C\C/C=C\C/C=C\CCCCCCCCCCCC(=O)OCC(COC(=O)CCCCCCCCCCCCCCCCCCCCC)OC(=O)CCCCCCCCCCCCCCCCCCCCC. The Morgan fingerprint density at radius 2 is 0.481 bits per heavy atom. The van der Waals surface area contributed by atoms with Crippen molar-refractivity contribution in [3.63, 3.8) is 0 Å². The van der Waals surface area contributed by atoms with Crippen molar-refractivity contribution in [1.29, 1.82) is 0 Å². The van der Waals surface area contributed by atoms with E-state index in [2.05, 4.69) is 81.5 Å². The van der Waals surface area contributed by atoms with Crippen molar-refractivity contribution in [3.8, 4) is 0 Å². The van der Waals surface area contributed by atoms with Crippen LogP contribution in [-0.4, -0.2) is 37.2 Å². The molecular weight excluding hydrogens is 997 g/mol. The second kappa shape index (κ2) is 69.6. The maximum atomic E-state index is 13.0. The number of esters is 3. The molecule has 81 heavy (non-hydrogen) atoms. The van der Waals surface area contributed by atoms with Crippen molar-refractivity contribution in [2.45, 2.75) is 386 Å². The molecule has 0 rings (SSSR count). The van der Waals surface area contributed by atoms with Crippen LogP contribution >= 0.6 is 0 Å². The molecule has 0 bridgehead atoms. The van der Waals surface area contributed by atoms with Gasteiger partial charge in [-0.2, -0.15) is 0 Å². The van der Waals surface area contributed by atoms with Gasteiger partial charge in [-0.25, -0.2) is 0 Å². The Bertz CT molecular complexity index is 1440. The summed E-state index contributed by atoms with van der Waals surface area (Å²) >= 11 is 0. The fraction of sp³-hybridized carbons (Fsp3) is 0.827. The summed E-state index contributed by atoms with van der Waals surface area (Å²) in [5, 5.41) is 0. The fourth-order valence-electron chi connectivity index (χ4n) is 10.7. The molecule has 0 saturated carbocycles. The molecule has 0 radical (unpaired) electrons. The zero-order chi connectivity index (χ0) is 58.5. The van der Waals surface area contributed by atoms with Gasteiger partial charge in [0.25, 0.3) is 0 Å². The van der Waals surface area contributed by atoms with E-state index < -0.39 is 6.10 Å². The summed E-state index contributed by atoms with van der Waals surface area (Å²) in [6, 6.07) is 0. The molecule has 0 aliphatic rings. The zero-order valence-corrected chi connectivity index (χ0v) is 54.3. The van der Waals surface area contributed by atoms with Crippen LogP contribution in [-0.2, 0) is 28.6 Å². The van der Waals surface area contributed by atoms with E-state index in [0.29, 0.717) is 19.3 Å². The summed E-state index contributed by atoms with van der Waals surface area (Å²) in [5.74, 6) is -0.847. The van der Waals surface area contributed by atoms with E-state index in [0.717, 1.165) is 96.3 Å². The molecule has 0 aliphatic carbocycles. The number of carbonyl (C=O) groups excluding carboxylic acids is 3. The smallest absolute Gasteiger partial charge is 0.306 e. The predicted molar refractivity (Wildman–Crippen MR) is 353 cm³/mol. The van der Waals surface area contributed by atoms with Crippen LogP contribution in [0.15, 0.2) is 60.8 Å². The van der Waals surface area contributed by atoms with Crippen LogP contribution in [0.4, 0.5) is 0 Å². The number of ether oxygens (including phenoxy) is 3. The molecule has 1 unspecified atom stereocenters. The molecule has 0 N–H and O–H groups in total. The van der Waals surface area contributed by atoms with Crippen molar-refractivity contribution < 1.29 is 28.6 Å². The summed E-state index contributed by atoms with van der Waals surface area (Å²) in [5.41, 5.74) is 0. The standard InChI is InChI=1S/C75H136O6/c1-4-7-10-13-16-19-22-25-28-31-34-35-36-37-38-39-42-44-47-50-53-56-59-62-65-68-74(77)80-71-72(81-75(78)69-66-63-60-57-54-51-48-45-41-33-30-27-24-21-18-15-12-9-6-3)70-79-73(76)67-64-61-58-55-52-49-46-43-40-32-29-26-23-20-17-14-11-8-5-2/h7,10,16,19,25,28,34-35,37-38,72H,4-6,8-9,11-15,17-18,20-24,26-27,29-33,36,39-71H2,1-3H3/b10-7-,19-16-,28-25-,35-34-,38-37-. The average Bonchev–Trinajstić information content (AvgIpc) is 3.47. The van der Waals surface area contributed by atoms with Crippen molar-refractivity contribution in [2.24, 2.45) is 0 Å². The number of carbonyl (C=O) groups is 3. The second-order valence-corrected chi connectivity index (χ2v) is 24.1. The van der Waals surface area contributed by atoms with E-state index in [1.54, 1.807) is 0 Å². The van der Waals surface area contributed by atoms with E-state index >= 15 is 0 Å². The number of unbranched alkanes of at least 4 members (excludes halogenated alkanes) is 45. The largest absolute Gasteiger partial charge is 0.462 e. The highest BCUT2D eigenvalue weighted by atomic mass is 16.6. The normalized spacial score (nSPS) is 12.4. The van der Waals surface area contributed by atoms with E-state index in [9.17, 15) is 14.4 Å². The molecule has 6 nitrogen and oxygen atoms in total. The molecule has 6 heteroatoms. The van der Waals surface area contributed by atoms with E-state index in [-0.39, 0.29) is 31.1 Å². The first-order valence-corrected chi connectivity index (χ1v) is 35.8. The second-order valence-electron chi connectivity index (χ2n) is 24.1. The van der Waals surface area contributed by atoms with Crippen molar-refractivity contribution >= 4 is 17.9 Å². The minimum Gasteiger partial charge on any atom is -0.462 e. The minimum absolute atomic E-state index is 0.0699. The van der Waals surface area contributed by atoms with Gasteiger partial charge in [0.2, 0.25) is 0 Å². The lowest BCUT2D eigenvalue weighted by atomic mass is 10.0. The summed E-state index contributed by atoms with van der Waals surface area (Å²) in [7, 11) is 0. The van der Waals surface area contributed by atoms with Crippen LogP contribution < -0.4 is 0 Å². The number of allylic oxidation sites excluding steroid dienone is 10. The number of hydrogen-bond donors (Lipinski definition) is 0. The van der Waals surface area contributed by atoms with Gasteiger partial charge in [-0.3, -0.25) is 14.4 Å². The van der Waals surface area contributed by atoms with Crippen LogP contribution in [0.3, 0.4) is 0 Å². The molecule has 0 aliphatic heterocycles. The third kappa shape index (κ3) is 67.8. The molecule has 0 aromatic heterocycles. The lowest BCUT2D eigenvalue weighted by Crippen LogP contribution is -2.30. The van der Waals surface area contributed by atoms with Crippen LogP contribution in [0.1, 0.15) is 380 Å². The summed E-state index contributed by atoms with van der Waals surface area (Å²) in [6.45, 7) is 6.60. The Labute approximate surface area is 504 Å². The molecule has 0 saturated heterocycles. The summed E-state index contributed by atoms with van der Waals surface area (Å²) < 4.78 is 17.0. The van der Waals surface area contributed by atoms with Gasteiger partial charge < -0.3 is 14.2 Å². The highest BCUT2D eigenvalue weighted by Gasteiger charge is 2.19.